The molecule has 4 rings (SSSR count). The zero-order valence-corrected chi connectivity index (χ0v) is 14.8. The molecule has 1 aliphatic carbocycles. The van der Waals surface area contributed by atoms with Crippen molar-refractivity contribution in [3.8, 4) is 5.75 Å². The maximum absolute atomic E-state index is 13.4. The summed E-state index contributed by atoms with van der Waals surface area (Å²) in [5, 5.41) is 3.29. The highest BCUT2D eigenvalue weighted by atomic mass is 19.2. The highest BCUT2D eigenvalue weighted by molar-refractivity contribution is 5.25. The molecule has 1 aromatic rings. The highest BCUT2D eigenvalue weighted by Crippen LogP contribution is 2.26. The summed E-state index contributed by atoms with van der Waals surface area (Å²) in [5.74, 6) is -0.595. The minimum absolute atomic E-state index is 0.291. The molecular weight excluding hydrogens is 336 g/mol. The zero-order valence-electron chi connectivity index (χ0n) is 14.8. The van der Waals surface area contributed by atoms with Crippen molar-refractivity contribution in [3.05, 3.63) is 53.9 Å². The molecule has 1 radical (unpaired) electrons. The third-order valence-electron chi connectivity index (χ3n) is 5.36. The third-order valence-corrected chi connectivity index (χ3v) is 5.36. The summed E-state index contributed by atoms with van der Waals surface area (Å²) in [4.78, 5) is 4.90. The lowest BCUT2D eigenvalue weighted by Crippen LogP contribution is -2.44. The van der Waals surface area contributed by atoms with Crippen LogP contribution in [0.1, 0.15) is 25.7 Å². The lowest BCUT2D eigenvalue weighted by atomic mass is 9.91. The maximum Gasteiger partial charge on any atom is 0.190 e. The van der Waals surface area contributed by atoms with Gasteiger partial charge in [0.1, 0.15) is 11.6 Å². The van der Waals surface area contributed by atoms with Crippen molar-refractivity contribution >= 4 is 0 Å². The Hall–Kier alpha value is -2.08. The second-order valence-corrected chi connectivity index (χ2v) is 7.07. The lowest BCUT2D eigenvalue weighted by Gasteiger charge is -2.37. The average molecular weight is 360 g/mol. The van der Waals surface area contributed by atoms with E-state index in [0.717, 1.165) is 56.6 Å². The Bertz CT molecular complexity index is 702. The first-order valence-electron chi connectivity index (χ1n) is 9.36. The number of allylic oxidation sites excluding steroid dienone is 2. The van der Waals surface area contributed by atoms with Gasteiger partial charge >= 0.3 is 0 Å². The highest BCUT2D eigenvalue weighted by Gasteiger charge is 2.27. The van der Waals surface area contributed by atoms with Crippen LogP contribution in [0.5, 0.6) is 5.75 Å². The fourth-order valence-electron chi connectivity index (χ4n) is 3.67. The van der Waals surface area contributed by atoms with Crippen LogP contribution >= 0.6 is 0 Å². The second kappa shape index (κ2) is 7.66. The van der Waals surface area contributed by atoms with E-state index >= 15 is 0 Å². The first-order chi connectivity index (χ1) is 12.7. The predicted octanol–water partition coefficient (Wildman–Crippen LogP) is 3.03. The number of dihydropyridines is 1. The van der Waals surface area contributed by atoms with Crippen LogP contribution in [0, 0.1) is 17.7 Å². The van der Waals surface area contributed by atoms with E-state index in [-0.39, 0.29) is 0 Å². The van der Waals surface area contributed by atoms with E-state index in [1.807, 2.05) is 12.2 Å². The van der Waals surface area contributed by atoms with Gasteiger partial charge in [0.2, 0.25) is 0 Å². The summed E-state index contributed by atoms with van der Waals surface area (Å²) >= 11 is 0. The van der Waals surface area contributed by atoms with Gasteiger partial charge in [-0.2, -0.15) is 0 Å². The van der Waals surface area contributed by atoms with Crippen molar-refractivity contribution in [1.29, 1.82) is 0 Å². The van der Waals surface area contributed by atoms with Gasteiger partial charge in [-0.15, -0.1) is 0 Å². The normalized spacial score (nSPS) is 24.5. The SMILES string of the molecule is Fc1ccc(OC2C=C[C]=C(N3CCCN(C4CCC4)CC3)N2)cc1F. The van der Waals surface area contributed by atoms with Crippen LogP contribution in [0.25, 0.3) is 0 Å². The Kier molecular flexibility index (Phi) is 5.11. The summed E-state index contributed by atoms with van der Waals surface area (Å²) in [6, 6.07) is 4.34. The number of nitrogens with one attached hydrogen (secondary N) is 1. The molecule has 1 atom stereocenters. The van der Waals surface area contributed by atoms with E-state index in [9.17, 15) is 8.78 Å². The third kappa shape index (κ3) is 3.85. The minimum atomic E-state index is -0.909. The summed E-state index contributed by atoms with van der Waals surface area (Å²) in [5.41, 5.74) is 0. The molecule has 0 bridgehead atoms. The molecule has 0 aromatic heterocycles. The van der Waals surface area contributed by atoms with Crippen LogP contribution < -0.4 is 10.1 Å². The molecular formula is C20H24F2N3O. The maximum atomic E-state index is 13.4. The second-order valence-electron chi connectivity index (χ2n) is 7.07. The van der Waals surface area contributed by atoms with E-state index in [0.29, 0.717) is 5.75 Å². The van der Waals surface area contributed by atoms with Crippen molar-refractivity contribution in [2.24, 2.45) is 0 Å². The number of hydrogen-bond acceptors (Lipinski definition) is 4. The van der Waals surface area contributed by atoms with Crippen LogP contribution in [0.2, 0.25) is 0 Å². The average Bonchev–Trinajstić information content (AvgIpc) is 2.83. The first kappa shape index (κ1) is 17.3. The van der Waals surface area contributed by atoms with Crippen LogP contribution in [-0.2, 0) is 0 Å². The van der Waals surface area contributed by atoms with Gasteiger partial charge in [0.05, 0.1) is 0 Å². The van der Waals surface area contributed by atoms with Crippen molar-refractivity contribution in [2.75, 3.05) is 26.2 Å². The molecule has 4 nitrogen and oxygen atoms in total. The van der Waals surface area contributed by atoms with Crippen molar-refractivity contribution in [3.63, 3.8) is 0 Å². The quantitative estimate of drug-likeness (QED) is 0.893. The molecule has 139 valence electrons. The van der Waals surface area contributed by atoms with E-state index in [4.69, 9.17) is 4.74 Å². The topological polar surface area (TPSA) is 27.7 Å². The Balaban J connectivity index is 1.35. The van der Waals surface area contributed by atoms with Gasteiger partial charge in [-0.25, -0.2) is 8.78 Å². The monoisotopic (exact) mass is 360 g/mol. The van der Waals surface area contributed by atoms with E-state index in [1.54, 1.807) is 0 Å². The molecule has 1 N–H and O–H groups in total. The van der Waals surface area contributed by atoms with E-state index < -0.39 is 17.9 Å². The first-order valence-corrected chi connectivity index (χ1v) is 9.36. The summed E-state index contributed by atoms with van der Waals surface area (Å²) in [6.45, 7) is 4.15. The number of hydrogen-bond donors (Lipinski definition) is 1. The molecule has 2 aliphatic heterocycles. The van der Waals surface area contributed by atoms with Crippen LogP contribution in [-0.4, -0.2) is 48.2 Å². The molecule has 1 unspecified atom stereocenters. The van der Waals surface area contributed by atoms with Crippen molar-refractivity contribution in [1.82, 2.24) is 15.1 Å². The minimum Gasteiger partial charge on any atom is -0.467 e. The Morgan fingerprint density at radius 1 is 1.04 bits per heavy atom. The van der Waals surface area contributed by atoms with Crippen LogP contribution in [0.3, 0.4) is 0 Å². The number of ether oxygens (including phenoxy) is 1. The van der Waals surface area contributed by atoms with E-state index in [2.05, 4.69) is 21.2 Å². The Morgan fingerprint density at radius 2 is 1.92 bits per heavy atom. The molecule has 1 saturated carbocycles. The van der Waals surface area contributed by atoms with Gasteiger partial charge in [-0.05, 0) is 43.5 Å². The molecule has 2 heterocycles. The summed E-state index contributed by atoms with van der Waals surface area (Å²) in [6.07, 6.45) is 11.6. The van der Waals surface area contributed by atoms with Gasteiger partial charge in [0, 0.05) is 44.4 Å². The molecule has 0 amide bonds. The smallest absolute Gasteiger partial charge is 0.190 e. The Morgan fingerprint density at radius 3 is 2.69 bits per heavy atom. The number of rotatable bonds is 4. The molecule has 0 spiro atoms. The molecule has 1 saturated heterocycles. The van der Waals surface area contributed by atoms with Gasteiger partial charge in [-0.3, -0.25) is 4.90 Å². The number of benzene rings is 1. The lowest BCUT2D eigenvalue weighted by molar-refractivity contribution is 0.131. The summed E-state index contributed by atoms with van der Waals surface area (Å²) < 4.78 is 32.1. The molecule has 26 heavy (non-hydrogen) atoms. The predicted molar refractivity (Wildman–Crippen MR) is 95.2 cm³/mol. The fourth-order valence-corrected chi connectivity index (χ4v) is 3.67. The van der Waals surface area contributed by atoms with Crippen molar-refractivity contribution in [2.45, 2.75) is 38.0 Å². The van der Waals surface area contributed by atoms with Gasteiger partial charge in [0.15, 0.2) is 17.9 Å². The molecule has 1 aromatic carbocycles. The fraction of sp³-hybridized carbons (Fsp3) is 0.500. The summed E-state index contributed by atoms with van der Waals surface area (Å²) in [7, 11) is 0. The zero-order chi connectivity index (χ0) is 17.9. The standard InChI is InChI=1S/C20H24F2N3O/c21-17-9-8-16(14-18(17)22)26-20-7-2-6-19(23-20)25-11-3-10-24(12-13-25)15-4-1-5-15/h2,7-9,14-15,20,23H,1,3-5,10-13H2. The van der Waals surface area contributed by atoms with Gasteiger partial charge in [0.25, 0.3) is 0 Å². The molecule has 2 fully saturated rings. The Labute approximate surface area is 153 Å². The largest absolute Gasteiger partial charge is 0.467 e. The molecule has 3 aliphatic rings. The molecule has 6 heteroatoms. The van der Waals surface area contributed by atoms with Gasteiger partial charge < -0.3 is 15.0 Å². The van der Waals surface area contributed by atoms with Crippen LogP contribution in [0.15, 0.2) is 36.2 Å². The number of nitrogens with zero attached hydrogens (tertiary/aromatic N) is 2. The van der Waals surface area contributed by atoms with Crippen molar-refractivity contribution < 1.29 is 13.5 Å². The van der Waals surface area contributed by atoms with E-state index in [1.165, 1.54) is 25.3 Å². The van der Waals surface area contributed by atoms with Gasteiger partial charge in [-0.1, -0.05) is 6.42 Å². The number of halogens is 2. The van der Waals surface area contributed by atoms with Crippen LogP contribution in [0.4, 0.5) is 8.78 Å².